The first-order valence-electron chi connectivity index (χ1n) is 13.7. The molecule has 0 unspecified atom stereocenters. The fourth-order valence-corrected chi connectivity index (χ4v) is 6.52. The first-order valence-corrected chi connectivity index (χ1v) is 15.9. The Hall–Kier alpha value is -3.95. The zero-order valence-corrected chi connectivity index (χ0v) is 26.0. The van der Waals surface area contributed by atoms with Gasteiger partial charge in [0.2, 0.25) is 11.8 Å². The second-order valence-electron chi connectivity index (χ2n) is 9.91. The highest BCUT2D eigenvalue weighted by Gasteiger charge is 2.34. The van der Waals surface area contributed by atoms with Gasteiger partial charge >= 0.3 is 0 Å². The summed E-state index contributed by atoms with van der Waals surface area (Å²) in [6.07, 6.45) is 0.266. The van der Waals surface area contributed by atoms with Gasteiger partial charge in [-0.2, -0.15) is 0 Å². The molecule has 42 heavy (non-hydrogen) atoms. The van der Waals surface area contributed by atoms with Crippen molar-refractivity contribution in [1.29, 1.82) is 0 Å². The van der Waals surface area contributed by atoms with Gasteiger partial charge in [0.1, 0.15) is 12.6 Å². The molecule has 0 fully saturated rings. The van der Waals surface area contributed by atoms with Crippen LogP contribution in [0.2, 0.25) is 0 Å². The molecular weight excluding hydrogens is 614 g/mol. The van der Waals surface area contributed by atoms with Crippen LogP contribution in [0.5, 0.6) is 0 Å². The number of carbonyl (C=O) groups excluding carboxylic acids is 2. The summed E-state index contributed by atoms with van der Waals surface area (Å²) in [7, 11) is -4.11. The molecule has 4 rings (SSSR count). The Kier molecular flexibility index (Phi) is 10.5. The van der Waals surface area contributed by atoms with E-state index >= 15 is 0 Å². The molecule has 0 heterocycles. The van der Waals surface area contributed by atoms with Crippen molar-refractivity contribution in [3.8, 4) is 0 Å². The average Bonchev–Trinajstić information content (AvgIpc) is 2.99. The molecule has 218 valence electrons. The Labute approximate surface area is 256 Å². The summed E-state index contributed by atoms with van der Waals surface area (Å²) >= 11 is 3.49. The first kappa shape index (κ1) is 31.0. The molecule has 9 heteroatoms. The van der Waals surface area contributed by atoms with E-state index in [-0.39, 0.29) is 23.8 Å². The number of benzene rings is 4. The van der Waals surface area contributed by atoms with Crippen LogP contribution in [-0.2, 0) is 32.6 Å². The number of nitrogens with zero attached hydrogens (tertiary/aromatic N) is 2. The van der Waals surface area contributed by atoms with Gasteiger partial charge < -0.3 is 10.2 Å². The van der Waals surface area contributed by atoms with Crippen LogP contribution in [0.15, 0.2) is 119 Å². The molecule has 2 amide bonds. The molecule has 0 radical (unpaired) electrons. The summed E-state index contributed by atoms with van der Waals surface area (Å²) in [6.45, 7) is 3.74. The van der Waals surface area contributed by atoms with Crippen LogP contribution in [0.25, 0.3) is 0 Å². The van der Waals surface area contributed by atoms with Crippen LogP contribution < -0.4 is 9.62 Å². The molecule has 0 aromatic heterocycles. The van der Waals surface area contributed by atoms with Gasteiger partial charge in [0.05, 0.1) is 10.6 Å². The smallest absolute Gasteiger partial charge is 0.264 e. The number of sulfonamides is 1. The van der Waals surface area contributed by atoms with Crippen molar-refractivity contribution in [2.75, 3.05) is 17.4 Å². The summed E-state index contributed by atoms with van der Waals surface area (Å²) in [5.74, 6) is -0.806. The number of anilines is 1. The summed E-state index contributed by atoms with van der Waals surface area (Å²) in [5.41, 5.74) is 3.00. The third-order valence-corrected chi connectivity index (χ3v) is 9.08. The molecule has 4 aromatic rings. The van der Waals surface area contributed by atoms with Gasteiger partial charge in [-0.05, 0) is 61.4 Å². The van der Waals surface area contributed by atoms with E-state index in [0.29, 0.717) is 12.2 Å². The summed E-state index contributed by atoms with van der Waals surface area (Å²) in [4.78, 5) is 29.4. The Balaban J connectivity index is 1.78. The molecule has 0 aliphatic rings. The van der Waals surface area contributed by atoms with Gasteiger partial charge in [0.25, 0.3) is 10.0 Å². The van der Waals surface area contributed by atoms with Crippen molar-refractivity contribution in [1.82, 2.24) is 10.2 Å². The Morgan fingerprint density at radius 3 is 2.07 bits per heavy atom. The molecule has 0 spiro atoms. The minimum Gasteiger partial charge on any atom is -0.355 e. The van der Waals surface area contributed by atoms with E-state index in [0.717, 1.165) is 25.5 Å². The van der Waals surface area contributed by atoms with Gasteiger partial charge in [-0.3, -0.25) is 13.9 Å². The quantitative estimate of drug-likeness (QED) is 0.213. The predicted octanol–water partition coefficient (Wildman–Crippen LogP) is 5.73. The van der Waals surface area contributed by atoms with Gasteiger partial charge in [0.15, 0.2) is 0 Å². The van der Waals surface area contributed by atoms with Crippen molar-refractivity contribution < 1.29 is 18.0 Å². The Bertz CT molecular complexity index is 1600. The fraction of sp³-hybridized carbons (Fsp3) is 0.212. The van der Waals surface area contributed by atoms with Crippen molar-refractivity contribution >= 4 is 43.5 Å². The number of hydrogen-bond acceptors (Lipinski definition) is 4. The van der Waals surface area contributed by atoms with E-state index in [4.69, 9.17) is 0 Å². The number of halogens is 1. The normalized spacial score (nSPS) is 11.9. The van der Waals surface area contributed by atoms with E-state index in [1.165, 1.54) is 17.0 Å². The van der Waals surface area contributed by atoms with Crippen molar-refractivity contribution in [3.63, 3.8) is 0 Å². The van der Waals surface area contributed by atoms with Gasteiger partial charge in [-0.25, -0.2) is 8.42 Å². The van der Waals surface area contributed by atoms with E-state index in [1.54, 1.807) is 42.5 Å². The third kappa shape index (κ3) is 7.86. The lowest BCUT2D eigenvalue weighted by atomic mass is 10.0. The number of likely N-dealkylation sites (N-methyl/N-ethyl adjacent to an activating group) is 1. The van der Waals surface area contributed by atoms with Crippen LogP contribution in [0, 0.1) is 6.92 Å². The second kappa shape index (κ2) is 14.3. The summed E-state index contributed by atoms with van der Waals surface area (Å²) in [6, 6.07) is 31.1. The van der Waals surface area contributed by atoms with E-state index in [2.05, 4.69) is 21.2 Å². The molecular formula is C33H34BrN3O4S. The number of nitrogens with one attached hydrogen (secondary N) is 1. The molecule has 0 bridgehead atoms. The zero-order chi connectivity index (χ0) is 30.1. The average molecular weight is 649 g/mol. The fourth-order valence-electron chi connectivity index (χ4n) is 4.64. The van der Waals surface area contributed by atoms with E-state index < -0.39 is 28.5 Å². The van der Waals surface area contributed by atoms with E-state index in [9.17, 15) is 18.0 Å². The molecule has 0 saturated heterocycles. The molecule has 1 atom stereocenters. The molecule has 0 saturated carbocycles. The standard InChI is InChI=1S/C33H34BrN3O4S/c1-3-35-33(39)31(22-26-11-6-4-7-12-26)36(23-27-13-10-14-28(34)21-27)32(38)24-37(29-19-17-25(2)18-20-29)42(40,41)30-15-8-5-9-16-30/h4-21,31H,3,22-24H2,1-2H3,(H,35,39)/t31-/m1/s1. The minimum absolute atomic E-state index is 0.0708. The highest BCUT2D eigenvalue weighted by atomic mass is 79.9. The number of aryl methyl sites for hydroxylation is 1. The highest BCUT2D eigenvalue weighted by molar-refractivity contribution is 9.10. The van der Waals surface area contributed by atoms with Crippen LogP contribution >= 0.6 is 15.9 Å². The lowest BCUT2D eigenvalue weighted by Crippen LogP contribution is -2.53. The van der Waals surface area contributed by atoms with Crippen LogP contribution in [0.3, 0.4) is 0 Å². The lowest BCUT2D eigenvalue weighted by Gasteiger charge is -2.34. The Morgan fingerprint density at radius 2 is 1.45 bits per heavy atom. The van der Waals surface area contributed by atoms with Gasteiger partial charge in [0, 0.05) is 24.0 Å². The first-order chi connectivity index (χ1) is 20.2. The van der Waals surface area contributed by atoms with E-state index in [1.807, 2.05) is 68.4 Å². The molecule has 1 N–H and O–H groups in total. The SMILES string of the molecule is CCNC(=O)[C@@H](Cc1ccccc1)N(Cc1cccc(Br)c1)C(=O)CN(c1ccc(C)cc1)S(=O)(=O)c1ccccc1. The molecule has 7 nitrogen and oxygen atoms in total. The molecule has 0 aliphatic carbocycles. The monoisotopic (exact) mass is 647 g/mol. The summed E-state index contributed by atoms with van der Waals surface area (Å²) < 4.78 is 29.8. The molecule has 4 aromatic carbocycles. The van der Waals surface area contributed by atoms with Crippen molar-refractivity contribution in [3.05, 3.63) is 130 Å². The largest absolute Gasteiger partial charge is 0.355 e. The minimum atomic E-state index is -4.11. The van der Waals surface area contributed by atoms with Gasteiger partial charge in [-0.1, -0.05) is 94.3 Å². The maximum absolute atomic E-state index is 14.3. The zero-order valence-electron chi connectivity index (χ0n) is 23.6. The second-order valence-corrected chi connectivity index (χ2v) is 12.7. The van der Waals surface area contributed by atoms with Gasteiger partial charge in [-0.15, -0.1) is 0 Å². The maximum atomic E-state index is 14.3. The van der Waals surface area contributed by atoms with Crippen LogP contribution in [-0.4, -0.2) is 44.3 Å². The topological polar surface area (TPSA) is 86.8 Å². The third-order valence-electron chi connectivity index (χ3n) is 6.80. The molecule has 0 aliphatic heterocycles. The predicted molar refractivity (Wildman–Crippen MR) is 169 cm³/mol. The highest BCUT2D eigenvalue weighted by Crippen LogP contribution is 2.25. The number of hydrogen-bond donors (Lipinski definition) is 1. The number of rotatable bonds is 12. The Morgan fingerprint density at radius 1 is 0.833 bits per heavy atom. The van der Waals surface area contributed by atoms with Crippen LogP contribution in [0.1, 0.15) is 23.6 Å². The lowest BCUT2D eigenvalue weighted by molar-refractivity contribution is -0.140. The van der Waals surface area contributed by atoms with Crippen LogP contribution in [0.4, 0.5) is 5.69 Å². The van der Waals surface area contributed by atoms with Crippen molar-refractivity contribution in [2.45, 2.75) is 37.8 Å². The summed E-state index contributed by atoms with van der Waals surface area (Å²) in [5, 5.41) is 2.87. The maximum Gasteiger partial charge on any atom is 0.264 e. The number of carbonyl (C=O) groups is 2. The van der Waals surface area contributed by atoms with Crippen molar-refractivity contribution in [2.24, 2.45) is 0 Å². The number of amides is 2.